The van der Waals surface area contributed by atoms with Crippen LogP contribution >= 0.6 is 0 Å². The molecule has 6 bridgehead atoms. The Labute approximate surface area is 171 Å². The Bertz CT molecular complexity index is 745. The molecule has 7 aliphatic rings. The predicted octanol–water partition coefficient (Wildman–Crippen LogP) is 2.69. The lowest BCUT2D eigenvalue weighted by Crippen LogP contribution is -2.60. The largest absolute Gasteiger partial charge is 0.458 e. The van der Waals surface area contributed by atoms with E-state index in [1.165, 1.54) is 32.1 Å². The molecule has 6 unspecified atom stereocenters. The van der Waals surface area contributed by atoms with Gasteiger partial charge < -0.3 is 14.2 Å². The van der Waals surface area contributed by atoms with Gasteiger partial charge in [0, 0.05) is 11.8 Å². The minimum atomic E-state index is -0.639. The molecule has 0 N–H and O–H groups in total. The van der Waals surface area contributed by atoms with Crippen molar-refractivity contribution in [1.82, 2.24) is 0 Å². The van der Waals surface area contributed by atoms with Crippen LogP contribution in [0.5, 0.6) is 0 Å². The van der Waals surface area contributed by atoms with Gasteiger partial charge in [-0.25, -0.2) is 0 Å². The van der Waals surface area contributed by atoms with Crippen LogP contribution in [0.15, 0.2) is 0 Å². The molecule has 29 heavy (non-hydrogen) atoms. The molecule has 7 fully saturated rings. The third-order valence-corrected chi connectivity index (χ3v) is 9.45. The summed E-state index contributed by atoms with van der Waals surface area (Å²) >= 11 is 0. The molecular formula is C23H29O6. The van der Waals surface area contributed by atoms with Gasteiger partial charge in [-0.1, -0.05) is 6.92 Å². The van der Waals surface area contributed by atoms with Crippen molar-refractivity contribution >= 4 is 17.9 Å². The molecule has 6 aliphatic carbocycles. The smallest absolute Gasteiger partial charge is 0.310 e. The van der Waals surface area contributed by atoms with Crippen LogP contribution in [0.25, 0.3) is 0 Å². The molecule has 6 saturated carbocycles. The molecule has 1 heterocycles. The zero-order chi connectivity index (χ0) is 20.1. The monoisotopic (exact) mass is 401 g/mol. The van der Waals surface area contributed by atoms with Crippen LogP contribution in [0, 0.1) is 54.3 Å². The summed E-state index contributed by atoms with van der Waals surface area (Å²) in [5.74, 6) is -0.00196. The Balaban J connectivity index is 1.28. The van der Waals surface area contributed by atoms with E-state index in [1.807, 2.05) is 0 Å². The molecular weight excluding hydrogens is 372 g/mol. The van der Waals surface area contributed by atoms with Gasteiger partial charge in [0.1, 0.15) is 17.8 Å². The van der Waals surface area contributed by atoms with Gasteiger partial charge in [0.2, 0.25) is 0 Å². The second kappa shape index (κ2) is 5.98. The van der Waals surface area contributed by atoms with Crippen molar-refractivity contribution in [3.63, 3.8) is 0 Å². The lowest BCUT2D eigenvalue weighted by Gasteiger charge is -2.60. The number of carbonyl (C=O) groups excluding carboxylic acids is 3. The second-order valence-corrected chi connectivity index (χ2v) is 10.5. The quantitative estimate of drug-likeness (QED) is 0.532. The lowest BCUT2D eigenvalue weighted by molar-refractivity contribution is -0.218. The van der Waals surface area contributed by atoms with Gasteiger partial charge in [0.15, 0.2) is 0 Å². The molecule has 6 atom stereocenters. The third-order valence-electron chi connectivity index (χ3n) is 9.45. The van der Waals surface area contributed by atoms with Crippen molar-refractivity contribution in [2.24, 2.45) is 47.3 Å². The van der Waals surface area contributed by atoms with Crippen molar-refractivity contribution in [2.45, 2.75) is 69.7 Å². The first-order chi connectivity index (χ1) is 13.9. The Morgan fingerprint density at radius 2 is 1.72 bits per heavy atom. The molecule has 157 valence electrons. The van der Waals surface area contributed by atoms with E-state index in [0.717, 1.165) is 18.3 Å². The fourth-order valence-electron chi connectivity index (χ4n) is 8.67. The zero-order valence-corrected chi connectivity index (χ0v) is 16.9. The number of ether oxygens (including phenoxy) is 3. The first-order valence-corrected chi connectivity index (χ1v) is 11.4. The van der Waals surface area contributed by atoms with Crippen LogP contribution in [-0.2, 0) is 28.6 Å². The zero-order valence-electron chi connectivity index (χ0n) is 16.9. The van der Waals surface area contributed by atoms with Crippen molar-refractivity contribution in [3.05, 3.63) is 6.92 Å². The minimum absolute atomic E-state index is 0.0505. The average molecular weight is 401 g/mol. The molecule has 1 radical (unpaired) electrons. The number of fused-ring (bicyclic) bond motifs is 1. The lowest BCUT2D eigenvalue weighted by atomic mass is 9.49. The first-order valence-electron chi connectivity index (χ1n) is 11.4. The van der Waals surface area contributed by atoms with E-state index >= 15 is 0 Å². The number of carbonyl (C=O) groups is 3. The summed E-state index contributed by atoms with van der Waals surface area (Å²) in [7, 11) is 0. The van der Waals surface area contributed by atoms with E-state index in [4.69, 9.17) is 14.2 Å². The van der Waals surface area contributed by atoms with E-state index < -0.39 is 30.0 Å². The highest BCUT2D eigenvalue weighted by atomic mass is 16.6. The molecule has 1 saturated heterocycles. The van der Waals surface area contributed by atoms with E-state index in [-0.39, 0.29) is 29.4 Å². The number of rotatable bonds is 4. The maximum absolute atomic E-state index is 13.6. The normalized spacial score (nSPS) is 53.2. The van der Waals surface area contributed by atoms with Crippen molar-refractivity contribution in [3.8, 4) is 0 Å². The number of esters is 3. The van der Waals surface area contributed by atoms with E-state index in [2.05, 4.69) is 13.8 Å². The molecule has 6 heteroatoms. The van der Waals surface area contributed by atoms with Crippen molar-refractivity contribution < 1.29 is 28.6 Å². The summed E-state index contributed by atoms with van der Waals surface area (Å²) in [6.45, 7) is 5.45. The molecule has 7 rings (SSSR count). The summed E-state index contributed by atoms with van der Waals surface area (Å²) in [5.41, 5.74) is -0.382. The fourth-order valence-corrected chi connectivity index (χ4v) is 8.67. The van der Waals surface area contributed by atoms with Gasteiger partial charge in [-0.2, -0.15) is 0 Å². The molecule has 6 nitrogen and oxygen atoms in total. The number of hydrogen-bond donors (Lipinski definition) is 0. The Hall–Kier alpha value is -1.59. The van der Waals surface area contributed by atoms with Crippen LogP contribution in [0.2, 0.25) is 0 Å². The van der Waals surface area contributed by atoms with Crippen LogP contribution in [0.4, 0.5) is 0 Å². The van der Waals surface area contributed by atoms with Crippen LogP contribution in [-0.4, -0.2) is 35.7 Å². The number of hydrogen-bond acceptors (Lipinski definition) is 6. The highest BCUT2D eigenvalue weighted by molar-refractivity contribution is 5.86. The van der Waals surface area contributed by atoms with Crippen LogP contribution in [0.3, 0.4) is 0 Å². The fraction of sp³-hybridized carbons (Fsp3) is 0.826. The van der Waals surface area contributed by atoms with Gasteiger partial charge in [0.25, 0.3) is 0 Å². The second-order valence-electron chi connectivity index (χ2n) is 10.5. The van der Waals surface area contributed by atoms with Crippen molar-refractivity contribution in [2.75, 3.05) is 0 Å². The highest BCUT2D eigenvalue weighted by Crippen LogP contribution is 2.63. The van der Waals surface area contributed by atoms with Crippen molar-refractivity contribution in [1.29, 1.82) is 0 Å². The van der Waals surface area contributed by atoms with Gasteiger partial charge in [-0.15, -0.1) is 0 Å². The summed E-state index contributed by atoms with van der Waals surface area (Å²) in [6.07, 6.45) is 6.54. The molecule has 1 aliphatic heterocycles. The molecule has 0 aromatic heterocycles. The first kappa shape index (κ1) is 18.2. The van der Waals surface area contributed by atoms with E-state index in [0.29, 0.717) is 18.3 Å². The topological polar surface area (TPSA) is 78.9 Å². The molecule has 0 aromatic rings. The van der Waals surface area contributed by atoms with E-state index in [1.54, 1.807) is 0 Å². The third kappa shape index (κ3) is 2.32. The minimum Gasteiger partial charge on any atom is -0.458 e. The Morgan fingerprint density at radius 3 is 2.31 bits per heavy atom. The van der Waals surface area contributed by atoms with Gasteiger partial charge in [-0.05, 0) is 68.6 Å². The summed E-state index contributed by atoms with van der Waals surface area (Å²) in [5, 5.41) is 0. The standard InChI is InChI=1S/C23H29O6/c1-3-23(13-5-11-4-12(7-13)8-14(23)6-11)29-22(26)18-16-9-15-17(18)21(25)28-20(15)19(16)27-10(2)24/h11-20H,2-9H2,1H3. The summed E-state index contributed by atoms with van der Waals surface area (Å²) in [4.78, 5) is 37.6. The van der Waals surface area contributed by atoms with Crippen LogP contribution < -0.4 is 0 Å². The van der Waals surface area contributed by atoms with Crippen LogP contribution in [0.1, 0.15) is 51.9 Å². The summed E-state index contributed by atoms with van der Waals surface area (Å²) in [6, 6.07) is 0. The summed E-state index contributed by atoms with van der Waals surface area (Å²) < 4.78 is 17.4. The Morgan fingerprint density at radius 1 is 1.07 bits per heavy atom. The maximum Gasteiger partial charge on any atom is 0.310 e. The SMILES string of the molecule is [CH2]C(=O)OC1C2CC3C1OC(=O)C3C2C(=O)OC1(CC)C2CC3CC(C2)CC1C3. The molecule has 0 aromatic carbocycles. The molecule has 0 spiro atoms. The molecule has 0 amide bonds. The van der Waals surface area contributed by atoms with Gasteiger partial charge >= 0.3 is 17.9 Å². The van der Waals surface area contributed by atoms with Gasteiger partial charge in [0.05, 0.1) is 18.8 Å². The van der Waals surface area contributed by atoms with Gasteiger partial charge in [-0.3, -0.25) is 14.4 Å². The predicted molar refractivity (Wildman–Crippen MR) is 99.9 cm³/mol. The Kier molecular flexibility index (Phi) is 3.75. The highest BCUT2D eigenvalue weighted by Gasteiger charge is 2.71. The van der Waals surface area contributed by atoms with E-state index in [9.17, 15) is 14.4 Å². The maximum atomic E-state index is 13.6. The average Bonchev–Trinajstić information content (AvgIpc) is 3.27.